The summed E-state index contributed by atoms with van der Waals surface area (Å²) in [6.45, 7) is 5.10. The molecule has 0 aliphatic carbocycles. The summed E-state index contributed by atoms with van der Waals surface area (Å²) in [5.41, 5.74) is 1.27. The van der Waals surface area contributed by atoms with Gasteiger partial charge in [-0.2, -0.15) is 0 Å². The Balaban J connectivity index is 1.85. The molecule has 1 aliphatic heterocycles. The lowest BCUT2D eigenvalue weighted by Gasteiger charge is -2.26. The molecule has 1 N–H and O–H groups in total. The number of ether oxygens (including phenoxy) is 3. The number of anilines is 1. The molecule has 0 radical (unpaired) electrons. The van der Waals surface area contributed by atoms with Gasteiger partial charge >= 0.3 is 5.97 Å². The van der Waals surface area contributed by atoms with Gasteiger partial charge in [0.25, 0.3) is 11.7 Å². The lowest BCUT2D eigenvalue weighted by molar-refractivity contribution is -0.132. The maximum Gasteiger partial charge on any atom is 0.308 e. The molecule has 1 saturated heterocycles. The SMILES string of the molecule is COc1cccc(N2C(=O)C(=O)/C(=C(/O)c3ccc(OC(C)C)cc3)C2c2ccc(OC(C)=O)cc2)c1. The van der Waals surface area contributed by atoms with Crippen molar-refractivity contribution in [3.05, 3.63) is 89.5 Å². The minimum atomic E-state index is -0.940. The smallest absolute Gasteiger partial charge is 0.308 e. The van der Waals surface area contributed by atoms with E-state index < -0.39 is 23.7 Å². The molecule has 1 fully saturated rings. The topological polar surface area (TPSA) is 102 Å². The Morgan fingerprint density at radius 1 is 0.919 bits per heavy atom. The van der Waals surface area contributed by atoms with Gasteiger partial charge in [0.2, 0.25) is 0 Å². The maximum atomic E-state index is 13.3. The number of Topliss-reactive ketones (excluding diaryl/α,β-unsaturated/α-hetero) is 1. The molecule has 1 atom stereocenters. The van der Waals surface area contributed by atoms with Crippen molar-refractivity contribution in [3.8, 4) is 17.2 Å². The third-order valence-corrected chi connectivity index (χ3v) is 5.73. The number of hydrogen-bond acceptors (Lipinski definition) is 7. The van der Waals surface area contributed by atoms with Crippen LogP contribution < -0.4 is 19.1 Å². The maximum absolute atomic E-state index is 13.3. The highest BCUT2D eigenvalue weighted by molar-refractivity contribution is 6.51. The number of nitrogens with zero attached hydrogens (tertiary/aromatic N) is 1. The summed E-state index contributed by atoms with van der Waals surface area (Å²) < 4.78 is 16.1. The van der Waals surface area contributed by atoms with Gasteiger partial charge in [-0.1, -0.05) is 18.2 Å². The Morgan fingerprint density at radius 3 is 2.16 bits per heavy atom. The van der Waals surface area contributed by atoms with Gasteiger partial charge in [0.15, 0.2) is 0 Å². The predicted octanol–water partition coefficient (Wildman–Crippen LogP) is 5.03. The van der Waals surface area contributed by atoms with Crippen LogP contribution >= 0.6 is 0 Å². The zero-order chi connectivity index (χ0) is 26.7. The fraction of sp³-hybridized carbons (Fsp3) is 0.207. The molecule has 4 rings (SSSR count). The zero-order valence-electron chi connectivity index (χ0n) is 20.9. The second-order valence-electron chi connectivity index (χ2n) is 8.72. The molecule has 0 aromatic heterocycles. The quantitative estimate of drug-likeness (QED) is 0.159. The van der Waals surface area contributed by atoms with Crippen molar-refractivity contribution >= 4 is 29.1 Å². The number of benzene rings is 3. The third-order valence-electron chi connectivity index (χ3n) is 5.73. The number of ketones is 1. The third kappa shape index (κ3) is 5.33. The van der Waals surface area contributed by atoms with Crippen molar-refractivity contribution < 1.29 is 33.7 Å². The first-order chi connectivity index (χ1) is 17.7. The van der Waals surface area contributed by atoms with Gasteiger partial charge in [-0.15, -0.1) is 0 Å². The number of methoxy groups -OCH3 is 1. The molecule has 1 heterocycles. The van der Waals surface area contributed by atoms with E-state index >= 15 is 0 Å². The van der Waals surface area contributed by atoms with Crippen LogP contribution in [-0.4, -0.2) is 36.0 Å². The predicted molar refractivity (Wildman–Crippen MR) is 138 cm³/mol. The standard InChI is InChI=1S/C29H27NO7/c1-17(2)36-22-14-10-20(11-15-22)27(32)25-26(19-8-12-23(13-9-19)37-18(3)31)30(29(34)28(25)33)21-6-5-7-24(16-21)35-4/h5-17,26,32H,1-4H3/b27-25+. The molecule has 37 heavy (non-hydrogen) atoms. The van der Waals surface area contributed by atoms with E-state index in [2.05, 4.69) is 0 Å². The number of carbonyl (C=O) groups is 3. The van der Waals surface area contributed by atoms with E-state index in [9.17, 15) is 19.5 Å². The van der Waals surface area contributed by atoms with Gasteiger partial charge in [0.05, 0.1) is 24.8 Å². The Labute approximate surface area is 214 Å². The van der Waals surface area contributed by atoms with Gasteiger partial charge in [-0.05, 0) is 67.9 Å². The molecule has 190 valence electrons. The van der Waals surface area contributed by atoms with Gasteiger partial charge in [-0.25, -0.2) is 0 Å². The van der Waals surface area contributed by atoms with Crippen molar-refractivity contribution in [2.45, 2.75) is 32.9 Å². The molecule has 1 aliphatic rings. The molecule has 8 nitrogen and oxygen atoms in total. The first-order valence-corrected chi connectivity index (χ1v) is 11.7. The van der Waals surface area contributed by atoms with Crippen LogP contribution in [0.2, 0.25) is 0 Å². The number of hydrogen-bond donors (Lipinski definition) is 1. The number of aliphatic hydroxyl groups is 1. The lowest BCUT2D eigenvalue weighted by atomic mass is 9.95. The highest BCUT2D eigenvalue weighted by Crippen LogP contribution is 2.43. The summed E-state index contributed by atoms with van der Waals surface area (Å²) in [4.78, 5) is 39.3. The molecule has 1 unspecified atom stereocenters. The Hall–Kier alpha value is -4.59. The van der Waals surface area contributed by atoms with Gasteiger partial charge in [-0.3, -0.25) is 19.3 Å². The normalized spacial score (nSPS) is 16.7. The molecule has 0 spiro atoms. The minimum absolute atomic E-state index is 0.0254. The van der Waals surface area contributed by atoms with Crippen LogP contribution in [0.1, 0.15) is 37.9 Å². The monoisotopic (exact) mass is 501 g/mol. The number of esters is 1. The fourth-order valence-electron chi connectivity index (χ4n) is 4.18. The summed E-state index contributed by atoms with van der Waals surface area (Å²) >= 11 is 0. The number of rotatable bonds is 7. The largest absolute Gasteiger partial charge is 0.507 e. The summed E-state index contributed by atoms with van der Waals surface area (Å²) in [6, 6.07) is 18.9. The van der Waals surface area contributed by atoms with E-state index in [-0.39, 0.29) is 17.4 Å². The Morgan fingerprint density at radius 2 is 1.57 bits per heavy atom. The van der Waals surface area contributed by atoms with Crippen LogP contribution in [-0.2, 0) is 14.4 Å². The summed E-state index contributed by atoms with van der Waals surface area (Å²) in [7, 11) is 1.51. The molecular weight excluding hydrogens is 474 g/mol. The molecule has 3 aromatic carbocycles. The van der Waals surface area contributed by atoms with Crippen LogP contribution in [0.25, 0.3) is 5.76 Å². The van der Waals surface area contributed by atoms with Gasteiger partial charge in [0.1, 0.15) is 23.0 Å². The Bertz CT molecular complexity index is 1360. The van der Waals surface area contributed by atoms with Crippen LogP contribution in [0.4, 0.5) is 5.69 Å². The van der Waals surface area contributed by atoms with Crippen LogP contribution in [0, 0.1) is 0 Å². The molecule has 3 aromatic rings. The number of amides is 1. The molecule has 8 heteroatoms. The highest BCUT2D eigenvalue weighted by Gasteiger charge is 2.47. The molecule has 0 bridgehead atoms. The average molecular weight is 502 g/mol. The van der Waals surface area contributed by atoms with Crippen molar-refractivity contribution in [2.24, 2.45) is 0 Å². The Kier molecular flexibility index (Phi) is 7.29. The molecule has 1 amide bonds. The van der Waals surface area contributed by atoms with Crippen molar-refractivity contribution in [1.29, 1.82) is 0 Å². The second kappa shape index (κ2) is 10.6. The van der Waals surface area contributed by atoms with Crippen LogP contribution in [0.5, 0.6) is 17.2 Å². The summed E-state index contributed by atoms with van der Waals surface area (Å²) in [5.74, 6) is -0.963. The van der Waals surface area contributed by atoms with E-state index in [1.807, 2.05) is 13.8 Å². The summed E-state index contributed by atoms with van der Waals surface area (Å²) in [6.07, 6.45) is -0.0254. The van der Waals surface area contributed by atoms with E-state index in [0.717, 1.165) is 0 Å². The number of carbonyl (C=O) groups excluding carboxylic acids is 3. The van der Waals surface area contributed by atoms with Crippen molar-refractivity contribution in [3.63, 3.8) is 0 Å². The van der Waals surface area contributed by atoms with Crippen molar-refractivity contribution in [2.75, 3.05) is 12.0 Å². The minimum Gasteiger partial charge on any atom is -0.507 e. The zero-order valence-corrected chi connectivity index (χ0v) is 20.9. The molecular formula is C29H27NO7. The average Bonchev–Trinajstić information content (AvgIpc) is 3.14. The second-order valence-corrected chi connectivity index (χ2v) is 8.72. The van der Waals surface area contributed by atoms with E-state index in [0.29, 0.717) is 34.1 Å². The van der Waals surface area contributed by atoms with E-state index in [1.54, 1.807) is 72.8 Å². The van der Waals surface area contributed by atoms with Crippen LogP contribution in [0.15, 0.2) is 78.4 Å². The number of aliphatic hydroxyl groups excluding tert-OH is 1. The fourth-order valence-corrected chi connectivity index (χ4v) is 4.18. The first-order valence-electron chi connectivity index (χ1n) is 11.7. The van der Waals surface area contributed by atoms with Gasteiger partial charge in [0, 0.05) is 24.2 Å². The van der Waals surface area contributed by atoms with Crippen LogP contribution in [0.3, 0.4) is 0 Å². The highest BCUT2D eigenvalue weighted by atomic mass is 16.5. The van der Waals surface area contributed by atoms with E-state index in [4.69, 9.17) is 14.2 Å². The van der Waals surface area contributed by atoms with Crippen molar-refractivity contribution in [1.82, 2.24) is 0 Å². The first kappa shape index (κ1) is 25.5. The molecule has 0 saturated carbocycles. The summed E-state index contributed by atoms with van der Waals surface area (Å²) in [5, 5.41) is 11.3. The lowest BCUT2D eigenvalue weighted by Crippen LogP contribution is -2.29. The van der Waals surface area contributed by atoms with Gasteiger partial charge < -0.3 is 19.3 Å². The van der Waals surface area contributed by atoms with E-state index in [1.165, 1.54) is 18.9 Å².